The lowest BCUT2D eigenvalue weighted by Gasteiger charge is -2.35. The highest BCUT2D eigenvalue weighted by atomic mass is 15.2. The number of nitrogens with zero attached hydrogens (tertiary/aromatic N) is 2. The standard InChI is InChI=1S/C64H58N2/c1-62(2,3)45-36-46(63(4,5)6)38-48(37-45)65(61-53(41-20-12-10-13-21-41)39-47(64(7,8)9)40-54(61)42-22-14-11-15-23-42)57-34-30-43-29-33-52-58(35-31-44-28-32-51(57)59(43)60(44)52)66-55-26-18-16-24-49(55)50-25-17-19-27-56(50)66/h10-40H,1-9H3. The summed E-state index contributed by atoms with van der Waals surface area (Å²) in [5, 5.41) is 10.1. The van der Waals surface area contributed by atoms with Crippen molar-refractivity contribution in [3.05, 3.63) is 205 Å². The monoisotopic (exact) mass is 854 g/mol. The van der Waals surface area contributed by atoms with Crippen molar-refractivity contribution in [3.63, 3.8) is 0 Å². The SMILES string of the molecule is CC(C)(C)c1cc(N(c2c(-c3ccccc3)cc(C(C)(C)C)cc2-c2ccccc2)c2ccc3ccc4c(-n5c6ccccc6c6ccccc65)ccc5ccc2c3c54)cc(C(C)(C)C)c1. The molecule has 0 fully saturated rings. The van der Waals surface area contributed by atoms with Gasteiger partial charge in [0.05, 0.1) is 28.1 Å². The van der Waals surface area contributed by atoms with Gasteiger partial charge in [-0.15, -0.1) is 0 Å². The molecule has 11 aromatic rings. The van der Waals surface area contributed by atoms with Crippen LogP contribution in [0.1, 0.15) is 79.0 Å². The van der Waals surface area contributed by atoms with Crippen molar-refractivity contribution in [3.8, 4) is 27.9 Å². The van der Waals surface area contributed by atoms with E-state index in [1.54, 1.807) is 0 Å². The summed E-state index contributed by atoms with van der Waals surface area (Å²) < 4.78 is 2.48. The highest BCUT2D eigenvalue weighted by Gasteiger charge is 2.30. The van der Waals surface area contributed by atoms with E-state index in [1.165, 1.54) is 104 Å². The van der Waals surface area contributed by atoms with Gasteiger partial charge in [0.2, 0.25) is 0 Å². The normalized spacial score (nSPS) is 12.6. The molecule has 0 spiro atoms. The molecule has 11 rings (SSSR count). The molecule has 2 nitrogen and oxygen atoms in total. The number of aromatic nitrogens is 1. The van der Waals surface area contributed by atoms with Crippen molar-refractivity contribution >= 4 is 71.2 Å². The first-order chi connectivity index (χ1) is 31.6. The molecule has 324 valence electrons. The maximum Gasteiger partial charge on any atom is 0.0618 e. The first-order valence-corrected chi connectivity index (χ1v) is 23.6. The Morgan fingerprint density at radius 2 is 0.788 bits per heavy atom. The van der Waals surface area contributed by atoms with E-state index in [2.05, 4.69) is 260 Å². The second kappa shape index (κ2) is 15.2. The summed E-state index contributed by atoms with van der Waals surface area (Å²) in [6.07, 6.45) is 0. The summed E-state index contributed by atoms with van der Waals surface area (Å²) in [7, 11) is 0. The van der Waals surface area contributed by atoms with Gasteiger partial charge in [0.15, 0.2) is 0 Å². The van der Waals surface area contributed by atoms with Crippen molar-refractivity contribution in [1.82, 2.24) is 4.57 Å². The Morgan fingerprint density at radius 1 is 0.364 bits per heavy atom. The largest absolute Gasteiger partial charge is 0.309 e. The molecule has 0 bridgehead atoms. The van der Waals surface area contributed by atoms with Crippen molar-refractivity contribution in [2.75, 3.05) is 4.90 Å². The summed E-state index contributed by atoms with van der Waals surface area (Å²) >= 11 is 0. The van der Waals surface area contributed by atoms with Gasteiger partial charge in [0.25, 0.3) is 0 Å². The third-order valence-corrected chi connectivity index (χ3v) is 14.0. The van der Waals surface area contributed by atoms with E-state index in [1.807, 2.05) is 0 Å². The van der Waals surface area contributed by atoms with Gasteiger partial charge < -0.3 is 9.47 Å². The highest BCUT2D eigenvalue weighted by molar-refractivity contribution is 6.28. The van der Waals surface area contributed by atoms with Crippen LogP contribution in [0, 0.1) is 0 Å². The van der Waals surface area contributed by atoms with E-state index in [0.717, 1.165) is 11.4 Å². The molecule has 0 amide bonds. The average Bonchev–Trinajstić information content (AvgIpc) is 3.65. The molecule has 0 atom stereocenters. The fourth-order valence-corrected chi connectivity index (χ4v) is 10.3. The molecule has 0 aliphatic heterocycles. The van der Waals surface area contributed by atoms with Gasteiger partial charge in [-0.05, 0) is 114 Å². The van der Waals surface area contributed by atoms with Crippen LogP contribution in [0.15, 0.2) is 188 Å². The second-order valence-electron chi connectivity index (χ2n) is 21.5. The molecule has 0 saturated carbocycles. The number of benzene rings is 10. The first kappa shape index (κ1) is 41.5. The van der Waals surface area contributed by atoms with Crippen molar-refractivity contribution in [2.24, 2.45) is 0 Å². The molecule has 0 unspecified atom stereocenters. The molecular formula is C64H58N2. The summed E-state index contributed by atoms with van der Waals surface area (Å²) in [5.74, 6) is 0. The smallest absolute Gasteiger partial charge is 0.0618 e. The van der Waals surface area contributed by atoms with Crippen molar-refractivity contribution < 1.29 is 0 Å². The van der Waals surface area contributed by atoms with Crippen LogP contribution in [0.2, 0.25) is 0 Å². The molecule has 0 saturated heterocycles. The fraction of sp³-hybridized carbons (Fsp3) is 0.188. The molecule has 1 heterocycles. The Hall–Kier alpha value is -7.16. The van der Waals surface area contributed by atoms with Crippen molar-refractivity contribution in [1.29, 1.82) is 0 Å². The number of fused-ring (bicyclic) bond motifs is 3. The van der Waals surface area contributed by atoms with Crippen LogP contribution in [0.3, 0.4) is 0 Å². The molecule has 66 heavy (non-hydrogen) atoms. The number of hydrogen-bond acceptors (Lipinski definition) is 1. The molecule has 0 N–H and O–H groups in total. The summed E-state index contributed by atoms with van der Waals surface area (Å²) in [6.45, 7) is 21.1. The number of hydrogen-bond donors (Lipinski definition) is 0. The van der Waals surface area contributed by atoms with Gasteiger partial charge in [-0.2, -0.15) is 0 Å². The van der Waals surface area contributed by atoms with E-state index in [4.69, 9.17) is 0 Å². The van der Waals surface area contributed by atoms with Crippen LogP contribution in [-0.4, -0.2) is 4.57 Å². The predicted octanol–water partition coefficient (Wildman–Crippen LogP) is 18.4. The molecule has 0 radical (unpaired) electrons. The number of anilines is 3. The minimum absolute atomic E-state index is 0.0891. The van der Waals surface area contributed by atoms with E-state index in [0.29, 0.717) is 0 Å². The lowest BCUT2D eigenvalue weighted by Crippen LogP contribution is -2.20. The minimum atomic E-state index is -0.0942. The maximum atomic E-state index is 2.63. The average molecular weight is 855 g/mol. The van der Waals surface area contributed by atoms with Gasteiger partial charge in [-0.1, -0.05) is 202 Å². The molecule has 2 heteroatoms. The van der Waals surface area contributed by atoms with Gasteiger partial charge in [-0.3, -0.25) is 0 Å². The fourth-order valence-electron chi connectivity index (χ4n) is 10.3. The summed E-state index contributed by atoms with van der Waals surface area (Å²) in [4.78, 5) is 2.63. The highest BCUT2D eigenvalue weighted by Crippen LogP contribution is 2.52. The Bertz CT molecular complexity index is 3480. The van der Waals surface area contributed by atoms with Crippen LogP contribution in [-0.2, 0) is 16.2 Å². The van der Waals surface area contributed by atoms with E-state index in [9.17, 15) is 0 Å². The van der Waals surface area contributed by atoms with Gasteiger partial charge >= 0.3 is 0 Å². The van der Waals surface area contributed by atoms with Crippen LogP contribution in [0.5, 0.6) is 0 Å². The lowest BCUT2D eigenvalue weighted by atomic mass is 9.79. The first-order valence-electron chi connectivity index (χ1n) is 23.6. The van der Waals surface area contributed by atoms with Crippen LogP contribution >= 0.6 is 0 Å². The molecule has 1 aromatic heterocycles. The second-order valence-corrected chi connectivity index (χ2v) is 21.5. The predicted molar refractivity (Wildman–Crippen MR) is 286 cm³/mol. The Morgan fingerprint density at radius 3 is 1.30 bits per heavy atom. The summed E-state index contributed by atoms with van der Waals surface area (Å²) in [6, 6.07) is 70.9. The Balaban J connectivity index is 1.29. The lowest BCUT2D eigenvalue weighted by molar-refractivity contribution is 0.569. The molecule has 10 aromatic carbocycles. The van der Waals surface area contributed by atoms with Crippen LogP contribution in [0.25, 0.3) is 82.1 Å². The van der Waals surface area contributed by atoms with Gasteiger partial charge in [0, 0.05) is 38.4 Å². The van der Waals surface area contributed by atoms with E-state index in [-0.39, 0.29) is 16.2 Å². The minimum Gasteiger partial charge on any atom is -0.309 e. The van der Waals surface area contributed by atoms with Gasteiger partial charge in [0.1, 0.15) is 0 Å². The Labute approximate surface area is 390 Å². The topological polar surface area (TPSA) is 8.17 Å². The molecule has 0 aliphatic carbocycles. The zero-order valence-electron chi connectivity index (χ0n) is 39.8. The third kappa shape index (κ3) is 6.85. The molecular weight excluding hydrogens is 797 g/mol. The zero-order chi connectivity index (χ0) is 45.7. The third-order valence-electron chi connectivity index (χ3n) is 14.0. The number of rotatable bonds is 6. The van der Waals surface area contributed by atoms with E-state index >= 15 is 0 Å². The van der Waals surface area contributed by atoms with Crippen LogP contribution in [0.4, 0.5) is 17.1 Å². The summed E-state index contributed by atoms with van der Waals surface area (Å²) in [5.41, 5.74) is 15.6. The maximum absolute atomic E-state index is 2.63. The zero-order valence-corrected chi connectivity index (χ0v) is 39.8. The van der Waals surface area contributed by atoms with Crippen molar-refractivity contribution in [2.45, 2.75) is 78.6 Å². The quantitative estimate of drug-likeness (QED) is 0.151. The van der Waals surface area contributed by atoms with Crippen LogP contribution < -0.4 is 4.90 Å². The number of para-hydroxylation sites is 2. The van der Waals surface area contributed by atoms with Gasteiger partial charge in [-0.25, -0.2) is 0 Å². The van der Waals surface area contributed by atoms with E-state index < -0.39 is 0 Å². The molecule has 0 aliphatic rings. The Kier molecular flexibility index (Phi) is 9.57.